The minimum Gasteiger partial charge on any atom is -0.457 e. The van der Waals surface area contributed by atoms with E-state index in [0.717, 1.165) is 11.3 Å². The lowest BCUT2D eigenvalue weighted by Gasteiger charge is -2.09. The molecule has 0 unspecified atom stereocenters. The SMILES string of the molecule is Cc1ccc(Oc2ccc(NC(=O)c3cnc4c(c3)c(=O)[nH]c(=O)n4C)cc2)cc1. The highest BCUT2D eigenvalue weighted by atomic mass is 16.5. The first-order chi connectivity index (χ1) is 14.4. The van der Waals surface area contributed by atoms with Crippen LogP contribution in [0.15, 0.2) is 70.4 Å². The lowest BCUT2D eigenvalue weighted by molar-refractivity contribution is 0.102. The first-order valence-corrected chi connectivity index (χ1v) is 9.16. The molecule has 2 aromatic heterocycles. The van der Waals surface area contributed by atoms with Crippen molar-refractivity contribution in [2.24, 2.45) is 7.05 Å². The number of fused-ring (bicyclic) bond motifs is 1. The largest absolute Gasteiger partial charge is 0.457 e. The smallest absolute Gasteiger partial charge is 0.329 e. The molecule has 0 atom stereocenters. The number of carbonyl (C=O) groups excluding carboxylic acids is 1. The number of pyridine rings is 1. The molecule has 4 rings (SSSR count). The molecule has 2 N–H and O–H groups in total. The van der Waals surface area contributed by atoms with Gasteiger partial charge < -0.3 is 10.1 Å². The van der Waals surface area contributed by atoms with Crippen molar-refractivity contribution in [2.75, 3.05) is 5.32 Å². The van der Waals surface area contributed by atoms with Crippen LogP contribution in [0.5, 0.6) is 11.5 Å². The highest BCUT2D eigenvalue weighted by Crippen LogP contribution is 2.23. The molecular weight excluding hydrogens is 384 g/mol. The number of ether oxygens (including phenoxy) is 1. The minimum atomic E-state index is -0.590. The summed E-state index contributed by atoms with van der Waals surface area (Å²) in [5, 5.41) is 2.91. The van der Waals surface area contributed by atoms with Crippen LogP contribution in [0, 0.1) is 6.92 Å². The average Bonchev–Trinajstić information content (AvgIpc) is 2.75. The summed E-state index contributed by atoms with van der Waals surface area (Å²) in [4.78, 5) is 42.5. The van der Waals surface area contributed by atoms with Crippen molar-refractivity contribution in [1.29, 1.82) is 0 Å². The normalized spacial score (nSPS) is 10.7. The van der Waals surface area contributed by atoms with Crippen LogP contribution in [0.2, 0.25) is 0 Å². The van der Waals surface area contributed by atoms with Crippen LogP contribution in [0.1, 0.15) is 15.9 Å². The van der Waals surface area contributed by atoms with E-state index in [0.29, 0.717) is 11.4 Å². The molecule has 0 aliphatic heterocycles. The van der Waals surface area contributed by atoms with E-state index in [1.54, 1.807) is 24.3 Å². The number of benzene rings is 2. The van der Waals surface area contributed by atoms with E-state index in [-0.39, 0.29) is 16.6 Å². The molecule has 150 valence electrons. The van der Waals surface area contributed by atoms with E-state index in [2.05, 4.69) is 15.3 Å². The Labute approximate surface area is 170 Å². The monoisotopic (exact) mass is 402 g/mol. The summed E-state index contributed by atoms with van der Waals surface area (Å²) < 4.78 is 6.98. The Morgan fingerprint density at radius 1 is 1.03 bits per heavy atom. The number of amides is 1. The number of nitrogens with one attached hydrogen (secondary N) is 2. The fraction of sp³-hybridized carbons (Fsp3) is 0.0909. The van der Waals surface area contributed by atoms with E-state index in [9.17, 15) is 14.4 Å². The number of hydrogen-bond donors (Lipinski definition) is 2. The maximum Gasteiger partial charge on any atom is 0.329 e. The molecule has 2 aromatic carbocycles. The molecular formula is C22H18N4O4. The molecule has 0 aliphatic rings. The van der Waals surface area contributed by atoms with Gasteiger partial charge in [-0.05, 0) is 49.4 Å². The fourth-order valence-corrected chi connectivity index (χ4v) is 2.91. The Hall–Kier alpha value is -4.20. The van der Waals surface area contributed by atoms with E-state index < -0.39 is 17.2 Å². The molecule has 1 amide bonds. The molecule has 8 nitrogen and oxygen atoms in total. The van der Waals surface area contributed by atoms with Crippen molar-refractivity contribution >= 4 is 22.6 Å². The highest BCUT2D eigenvalue weighted by Gasteiger charge is 2.12. The molecule has 0 saturated carbocycles. The van der Waals surface area contributed by atoms with Crippen molar-refractivity contribution in [3.8, 4) is 11.5 Å². The molecule has 0 saturated heterocycles. The highest BCUT2D eigenvalue weighted by molar-refractivity contribution is 6.05. The molecule has 2 heterocycles. The van der Waals surface area contributed by atoms with Crippen LogP contribution in [0.3, 0.4) is 0 Å². The van der Waals surface area contributed by atoms with Gasteiger partial charge in [0.2, 0.25) is 0 Å². The van der Waals surface area contributed by atoms with E-state index in [4.69, 9.17) is 4.74 Å². The zero-order valence-electron chi connectivity index (χ0n) is 16.3. The second-order valence-electron chi connectivity index (χ2n) is 6.81. The van der Waals surface area contributed by atoms with Crippen molar-refractivity contribution in [3.63, 3.8) is 0 Å². The second-order valence-corrected chi connectivity index (χ2v) is 6.81. The number of carbonyl (C=O) groups is 1. The van der Waals surface area contributed by atoms with Gasteiger partial charge in [-0.25, -0.2) is 9.78 Å². The number of hydrogen-bond acceptors (Lipinski definition) is 5. The number of anilines is 1. The topological polar surface area (TPSA) is 106 Å². The molecule has 0 radical (unpaired) electrons. The van der Waals surface area contributed by atoms with Gasteiger partial charge in [0.05, 0.1) is 10.9 Å². The summed E-state index contributed by atoms with van der Waals surface area (Å²) >= 11 is 0. The molecule has 0 fully saturated rings. The Morgan fingerprint density at radius 2 is 1.67 bits per heavy atom. The van der Waals surface area contributed by atoms with Gasteiger partial charge in [-0.15, -0.1) is 0 Å². The van der Waals surface area contributed by atoms with Gasteiger partial charge in [0.1, 0.15) is 17.1 Å². The van der Waals surface area contributed by atoms with Crippen molar-refractivity contribution in [2.45, 2.75) is 6.92 Å². The fourth-order valence-electron chi connectivity index (χ4n) is 2.91. The van der Waals surface area contributed by atoms with Gasteiger partial charge >= 0.3 is 5.69 Å². The van der Waals surface area contributed by atoms with Gasteiger partial charge in [0.25, 0.3) is 11.5 Å². The Bertz CT molecular complexity index is 1350. The first kappa shape index (κ1) is 19.1. The minimum absolute atomic E-state index is 0.159. The van der Waals surface area contributed by atoms with Gasteiger partial charge in [0.15, 0.2) is 0 Å². The lowest BCUT2D eigenvalue weighted by atomic mass is 10.2. The van der Waals surface area contributed by atoms with Crippen LogP contribution >= 0.6 is 0 Å². The van der Waals surface area contributed by atoms with Gasteiger partial charge in [-0.1, -0.05) is 17.7 Å². The van der Waals surface area contributed by atoms with Crippen LogP contribution in [-0.2, 0) is 7.05 Å². The Morgan fingerprint density at radius 3 is 2.33 bits per heavy atom. The molecule has 0 bridgehead atoms. The third-order valence-electron chi connectivity index (χ3n) is 4.59. The third-order valence-corrected chi connectivity index (χ3v) is 4.59. The first-order valence-electron chi connectivity index (χ1n) is 9.16. The second kappa shape index (κ2) is 7.67. The van der Waals surface area contributed by atoms with E-state index >= 15 is 0 Å². The average molecular weight is 402 g/mol. The summed E-state index contributed by atoms with van der Waals surface area (Å²) in [6.07, 6.45) is 1.32. The van der Waals surface area contributed by atoms with Crippen molar-refractivity contribution < 1.29 is 9.53 Å². The van der Waals surface area contributed by atoms with E-state index in [1.165, 1.54) is 23.9 Å². The summed E-state index contributed by atoms with van der Waals surface area (Å²) in [6.45, 7) is 2.00. The number of aryl methyl sites for hydroxylation is 2. The van der Waals surface area contributed by atoms with Crippen LogP contribution in [0.4, 0.5) is 5.69 Å². The van der Waals surface area contributed by atoms with Crippen molar-refractivity contribution in [3.05, 3.63) is 92.8 Å². The standard InChI is InChI=1S/C22H18N4O4/c1-13-3-7-16(8-4-13)30-17-9-5-15(6-10-17)24-20(27)14-11-18-19(23-12-14)26(2)22(29)25-21(18)28/h3-12H,1-2H3,(H,24,27)(H,25,28,29). The molecule has 0 spiro atoms. The Kier molecular flexibility index (Phi) is 4.89. The molecule has 8 heteroatoms. The molecule has 4 aromatic rings. The maximum atomic E-state index is 12.6. The Balaban J connectivity index is 1.51. The summed E-state index contributed by atoms with van der Waals surface area (Å²) in [5.41, 5.74) is 0.959. The predicted molar refractivity (Wildman–Crippen MR) is 113 cm³/mol. The van der Waals surface area contributed by atoms with Crippen LogP contribution in [-0.4, -0.2) is 20.4 Å². The van der Waals surface area contributed by atoms with E-state index in [1.807, 2.05) is 31.2 Å². The maximum absolute atomic E-state index is 12.6. The zero-order chi connectivity index (χ0) is 21.3. The predicted octanol–water partition coefficient (Wildman–Crippen LogP) is 2.97. The number of H-pyrrole nitrogens is 1. The lowest BCUT2D eigenvalue weighted by Crippen LogP contribution is -2.29. The number of aromatic nitrogens is 3. The number of nitrogens with zero attached hydrogens (tertiary/aromatic N) is 2. The summed E-state index contributed by atoms with van der Waals surface area (Å²) in [5.74, 6) is 0.931. The van der Waals surface area contributed by atoms with Gasteiger partial charge in [-0.3, -0.25) is 19.1 Å². The number of rotatable bonds is 4. The van der Waals surface area contributed by atoms with Crippen LogP contribution < -0.4 is 21.3 Å². The third kappa shape index (κ3) is 3.83. The number of aromatic amines is 1. The molecule has 0 aliphatic carbocycles. The van der Waals surface area contributed by atoms with Gasteiger partial charge in [-0.2, -0.15) is 0 Å². The summed E-state index contributed by atoms with van der Waals surface area (Å²) in [6, 6.07) is 16.0. The zero-order valence-corrected chi connectivity index (χ0v) is 16.3. The quantitative estimate of drug-likeness (QED) is 0.546. The molecule has 30 heavy (non-hydrogen) atoms. The van der Waals surface area contributed by atoms with Crippen molar-refractivity contribution in [1.82, 2.24) is 14.5 Å². The van der Waals surface area contributed by atoms with Gasteiger partial charge in [0, 0.05) is 18.9 Å². The van der Waals surface area contributed by atoms with Crippen LogP contribution in [0.25, 0.3) is 11.0 Å². The summed E-state index contributed by atoms with van der Waals surface area (Å²) in [7, 11) is 1.49.